The van der Waals surface area contributed by atoms with E-state index in [1.165, 1.54) is 5.56 Å². The van der Waals surface area contributed by atoms with Crippen molar-refractivity contribution in [3.63, 3.8) is 0 Å². The zero-order chi connectivity index (χ0) is 32.0. The van der Waals surface area contributed by atoms with Gasteiger partial charge in [-0.15, -0.1) is 0 Å². The summed E-state index contributed by atoms with van der Waals surface area (Å²) in [7, 11) is 0. The first kappa shape index (κ1) is 31.5. The van der Waals surface area contributed by atoms with Gasteiger partial charge < -0.3 is 15.5 Å². The van der Waals surface area contributed by atoms with Crippen LogP contribution in [0.5, 0.6) is 0 Å². The molecule has 45 heavy (non-hydrogen) atoms. The van der Waals surface area contributed by atoms with Crippen LogP contribution in [0.15, 0.2) is 84.9 Å². The van der Waals surface area contributed by atoms with Crippen molar-refractivity contribution < 1.29 is 14.4 Å². The molecule has 9 heteroatoms. The van der Waals surface area contributed by atoms with Crippen molar-refractivity contribution in [1.82, 2.24) is 20.0 Å². The molecule has 2 heterocycles. The van der Waals surface area contributed by atoms with Gasteiger partial charge in [0.05, 0.1) is 17.9 Å². The van der Waals surface area contributed by atoms with Gasteiger partial charge in [-0.3, -0.25) is 14.9 Å². The van der Waals surface area contributed by atoms with Crippen molar-refractivity contribution in [2.24, 2.45) is 5.92 Å². The lowest BCUT2D eigenvalue weighted by Crippen LogP contribution is -2.44. The maximum Gasteiger partial charge on any atom is 0.324 e. The predicted molar refractivity (Wildman–Crippen MR) is 178 cm³/mol. The third-order valence-corrected chi connectivity index (χ3v) is 8.14. The Balaban J connectivity index is 1.10. The molecule has 234 valence electrons. The fourth-order valence-corrected chi connectivity index (χ4v) is 5.40. The van der Waals surface area contributed by atoms with Crippen molar-refractivity contribution in [1.29, 1.82) is 0 Å². The standard InChI is InChI=1S/C36H42N6O3/c1-25-10-16-30(17-11-25)42-32(23-31(40-42)36(2,3)4)39-35(45)38-29-14-12-26(13-15-29)22-27-18-20-41(21-19-27)33(43)24-37-34(44)28-8-6-5-7-9-28/h5-17,23,27H,18-22,24H2,1-4H3,(H,37,44)(H2,38,39,45). The first-order chi connectivity index (χ1) is 21.5. The van der Waals surface area contributed by atoms with Gasteiger partial charge in [0.1, 0.15) is 5.82 Å². The summed E-state index contributed by atoms with van der Waals surface area (Å²) < 4.78 is 1.77. The van der Waals surface area contributed by atoms with E-state index in [0.29, 0.717) is 36.1 Å². The molecule has 1 aliphatic heterocycles. The lowest BCUT2D eigenvalue weighted by atomic mass is 9.90. The molecule has 0 aliphatic carbocycles. The van der Waals surface area contributed by atoms with E-state index in [9.17, 15) is 14.4 Å². The van der Waals surface area contributed by atoms with Gasteiger partial charge >= 0.3 is 6.03 Å². The van der Waals surface area contributed by atoms with Crippen molar-refractivity contribution in [3.8, 4) is 5.69 Å². The molecule has 0 unspecified atom stereocenters. The van der Waals surface area contributed by atoms with Gasteiger partial charge in [0.2, 0.25) is 5.91 Å². The third-order valence-electron chi connectivity index (χ3n) is 8.14. The molecular formula is C36H42N6O3. The van der Waals surface area contributed by atoms with Crippen LogP contribution < -0.4 is 16.0 Å². The number of piperidine rings is 1. The molecule has 0 atom stereocenters. The van der Waals surface area contributed by atoms with Crippen LogP contribution in [-0.2, 0) is 16.6 Å². The number of urea groups is 1. The number of likely N-dealkylation sites (tertiary alicyclic amines) is 1. The smallest absolute Gasteiger partial charge is 0.324 e. The van der Waals surface area contributed by atoms with Crippen LogP contribution in [0.2, 0.25) is 0 Å². The van der Waals surface area contributed by atoms with Crippen LogP contribution in [0.1, 0.15) is 60.8 Å². The van der Waals surface area contributed by atoms with Crippen LogP contribution in [0.25, 0.3) is 5.69 Å². The molecule has 1 aliphatic rings. The average molecular weight is 607 g/mol. The Morgan fingerprint density at radius 3 is 2.18 bits per heavy atom. The zero-order valence-electron chi connectivity index (χ0n) is 26.5. The summed E-state index contributed by atoms with van der Waals surface area (Å²) in [5.41, 5.74) is 5.17. The number of aryl methyl sites for hydroxylation is 1. The highest BCUT2D eigenvalue weighted by molar-refractivity contribution is 5.99. The van der Waals surface area contributed by atoms with Crippen LogP contribution >= 0.6 is 0 Å². The molecule has 5 rings (SSSR count). The van der Waals surface area contributed by atoms with Crippen molar-refractivity contribution >= 4 is 29.4 Å². The second-order valence-electron chi connectivity index (χ2n) is 12.8. The van der Waals surface area contributed by atoms with Gasteiger partial charge in [0.15, 0.2) is 0 Å². The van der Waals surface area contributed by atoms with Gasteiger partial charge in [0, 0.05) is 35.8 Å². The summed E-state index contributed by atoms with van der Waals surface area (Å²) in [5, 5.41) is 13.4. The molecule has 3 aromatic carbocycles. The lowest BCUT2D eigenvalue weighted by Gasteiger charge is -2.32. The Hall–Kier alpha value is -4.92. The summed E-state index contributed by atoms with van der Waals surface area (Å²) in [6.45, 7) is 9.69. The number of benzene rings is 3. The van der Waals surface area contributed by atoms with Crippen molar-refractivity contribution in [2.45, 2.75) is 52.4 Å². The summed E-state index contributed by atoms with van der Waals surface area (Å²) in [6, 6.07) is 26.4. The Morgan fingerprint density at radius 1 is 0.867 bits per heavy atom. The highest BCUT2D eigenvalue weighted by Crippen LogP contribution is 2.27. The molecule has 4 aromatic rings. The summed E-state index contributed by atoms with van der Waals surface area (Å²) >= 11 is 0. The van der Waals surface area contributed by atoms with Crippen molar-refractivity contribution in [3.05, 3.63) is 107 Å². The van der Waals surface area contributed by atoms with E-state index < -0.39 is 0 Å². The number of hydrogen-bond acceptors (Lipinski definition) is 4. The maximum atomic E-state index is 13.0. The normalized spacial score (nSPS) is 13.7. The first-order valence-electron chi connectivity index (χ1n) is 15.5. The summed E-state index contributed by atoms with van der Waals surface area (Å²) in [6.07, 6.45) is 2.72. The number of rotatable bonds is 8. The largest absolute Gasteiger partial charge is 0.343 e. The second-order valence-corrected chi connectivity index (χ2v) is 12.8. The Labute approximate surface area is 265 Å². The third kappa shape index (κ3) is 8.38. The van der Waals surface area contributed by atoms with E-state index in [2.05, 4.69) is 36.7 Å². The number of aromatic nitrogens is 2. The zero-order valence-corrected chi connectivity index (χ0v) is 26.5. The summed E-state index contributed by atoms with van der Waals surface area (Å²) in [4.78, 5) is 39.7. The lowest BCUT2D eigenvalue weighted by molar-refractivity contribution is -0.131. The Bertz CT molecular complexity index is 1610. The molecule has 0 saturated carbocycles. The van der Waals surface area contributed by atoms with Gasteiger partial charge in [-0.1, -0.05) is 68.8 Å². The Morgan fingerprint density at radius 2 is 1.53 bits per heavy atom. The number of hydrogen-bond donors (Lipinski definition) is 3. The highest BCUT2D eigenvalue weighted by Gasteiger charge is 2.24. The number of nitrogens with zero attached hydrogens (tertiary/aromatic N) is 3. The highest BCUT2D eigenvalue weighted by atomic mass is 16.2. The van der Waals surface area contributed by atoms with E-state index in [1.807, 2.05) is 72.5 Å². The van der Waals surface area contributed by atoms with Crippen LogP contribution in [0, 0.1) is 12.8 Å². The topological polar surface area (TPSA) is 108 Å². The molecule has 0 radical (unpaired) electrons. The number of amides is 4. The van der Waals surface area contributed by atoms with E-state index in [4.69, 9.17) is 5.10 Å². The summed E-state index contributed by atoms with van der Waals surface area (Å²) in [5.74, 6) is 0.774. The SMILES string of the molecule is Cc1ccc(-n2nc(C(C)(C)C)cc2NC(=O)Nc2ccc(CC3CCN(C(=O)CNC(=O)c4ccccc4)CC3)cc2)cc1. The molecule has 3 N–H and O–H groups in total. The van der Waals surface area contributed by atoms with Gasteiger partial charge in [-0.05, 0) is 74.1 Å². The quantitative estimate of drug-likeness (QED) is 0.218. The van der Waals surface area contributed by atoms with Crippen LogP contribution in [-0.4, -0.2) is 52.2 Å². The average Bonchev–Trinajstić information content (AvgIpc) is 3.46. The molecule has 1 aromatic heterocycles. The molecular weight excluding hydrogens is 564 g/mol. The van der Waals surface area contributed by atoms with Crippen molar-refractivity contribution in [2.75, 3.05) is 30.3 Å². The molecule has 0 bridgehead atoms. The van der Waals surface area contributed by atoms with Gasteiger partial charge in [0.25, 0.3) is 5.91 Å². The maximum absolute atomic E-state index is 13.0. The predicted octanol–water partition coefficient (Wildman–Crippen LogP) is 6.33. The minimum absolute atomic E-state index is 0.00643. The molecule has 9 nitrogen and oxygen atoms in total. The minimum Gasteiger partial charge on any atom is -0.343 e. The molecule has 1 fully saturated rings. The van der Waals surface area contributed by atoms with E-state index in [-0.39, 0.29) is 29.8 Å². The van der Waals surface area contributed by atoms with E-state index in [0.717, 1.165) is 36.2 Å². The monoisotopic (exact) mass is 606 g/mol. The second kappa shape index (κ2) is 13.8. The Kier molecular flexibility index (Phi) is 9.66. The number of carbonyl (C=O) groups excluding carboxylic acids is 3. The number of anilines is 2. The molecule has 0 spiro atoms. The van der Waals surface area contributed by atoms with Gasteiger partial charge in [-0.25, -0.2) is 9.48 Å². The molecule has 4 amide bonds. The number of nitrogens with one attached hydrogen (secondary N) is 3. The minimum atomic E-state index is -0.339. The first-order valence-corrected chi connectivity index (χ1v) is 15.5. The fourth-order valence-electron chi connectivity index (χ4n) is 5.40. The number of carbonyl (C=O) groups is 3. The molecule has 1 saturated heterocycles. The fraction of sp³-hybridized carbons (Fsp3) is 0.333. The van der Waals surface area contributed by atoms with Crippen LogP contribution in [0.3, 0.4) is 0 Å². The van der Waals surface area contributed by atoms with Crippen LogP contribution in [0.4, 0.5) is 16.3 Å². The van der Waals surface area contributed by atoms with E-state index >= 15 is 0 Å². The van der Waals surface area contributed by atoms with E-state index in [1.54, 1.807) is 28.9 Å². The van der Waals surface area contributed by atoms with Gasteiger partial charge in [-0.2, -0.15) is 5.10 Å².